The van der Waals surface area contributed by atoms with Gasteiger partial charge in [-0.05, 0) is 66.3 Å². The van der Waals surface area contributed by atoms with Gasteiger partial charge < -0.3 is 26.8 Å². The van der Waals surface area contributed by atoms with Gasteiger partial charge >= 0.3 is 0 Å². The third kappa shape index (κ3) is 9.46. The molecule has 0 radical (unpaired) electrons. The number of nitrogens with two attached hydrogens (primary N) is 1. The predicted molar refractivity (Wildman–Crippen MR) is 171 cm³/mol. The molecule has 4 atom stereocenters. The molecule has 1 saturated carbocycles. The van der Waals surface area contributed by atoms with Crippen molar-refractivity contribution in [2.24, 2.45) is 11.7 Å². The first kappa shape index (κ1) is 32.8. The number of aromatic nitrogens is 1. The van der Waals surface area contributed by atoms with Crippen LogP contribution in [-0.4, -0.2) is 58.6 Å². The zero-order valence-corrected chi connectivity index (χ0v) is 25.6. The number of aliphatic hydroxyl groups is 1. The summed E-state index contributed by atoms with van der Waals surface area (Å²) in [4.78, 5) is 42.8. The van der Waals surface area contributed by atoms with E-state index in [0.717, 1.165) is 11.1 Å². The lowest BCUT2D eigenvalue weighted by Gasteiger charge is -2.29. The van der Waals surface area contributed by atoms with Crippen LogP contribution in [0.3, 0.4) is 0 Å². The predicted octanol–water partition coefficient (Wildman–Crippen LogP) is 3.27. The van der Waals surface area contributed by atoms with Gasteiger partial charge in [0.25, 0.3) is 5.91 Å². The molecular weight excluding hydrogens is 554 g/mol. The van der Waals surface area contributed by atoms with Crippen LogP contribution in [0, 0.1) is 5.92 Å². The van der Waals surface area contributed by atoms with Gasteiger partial charge in [0, 0.05) is 12.7 Å². The van der Waals surface area contributed by atoms with E-state index in [2.05, 4.69) is 33.1 Å². The van der Waals surface area contributed by atoms with E-state index in [-0.39, 0.29) is 18.2 Å². The minimum absolute atomic E-state index is 0.0260. The van der Waals surface area contributed by atoms with E-state index >= 15 is 0 Å². The van der Waals surface area contributed by atoms with E-state index < -0.39 is 42.0 Å². The summed E-state index contributed by atoms with van der Waals surface area (Å²) < 4.78 is 0. The molecule has 3 amide bonds. The number of nitrogens with one attached hydrogen (secondary N) is 3. The van der Waals surface area contributed by atoms with Crippen molar-refractivity contribution in [3.8, 4) is 0 Å². The number of nitrogens with zero attached hydrogens (tertiary/aromatic N) is 1. The third-order valence-electron chi connectivity index (χ3n) is 8.39. The maximum atomic E-state index is 13.5. The smallest absolute Gasteiger partial charge is 0.270 e. The average Bonchev–Trinajstić information content (AvgIpc) is 3.57. The van der Waals surface area contributed by atoms with Gasteiger partial charge in [-0.2, -0.15) is 0 Å². The van der Waals surface area contributed by atoms with Crippen LogP contribution in [0.5, 0.6) is 0 Å². The molecule has 9 nitrogen and oxygen atoms in total. The molecule has 0 saturated heterocycles. The number of carbonyl (C=O) groups excluding carboxylic acids is 3. The Kier molecular flexibility index (Phi) is 12.0. The molecule has 4 rings (SSSR count). The first-order chi connectivity index (χ1) is 21.2. The Morgan fingerprint density at radius 2 is 1.55 bits per heavy atom. The molecular formula is C35H45N5O4. The molecule has 0 bridgehead atoms. The number of carbonyl (C=O) groups is 3. The van der Waals surface area contributed by atoms with Gasteiger partial charge in [0.2, 0.25) is 11.8 Å². The Morgan fingerprint density at radius 3 is 2.16 bits per heavy atom. The molecule has 6 N–H and O–H groups in total. The number of hydrogen-bond donors (Lipinski definition) is 5. The second kappa shape index (κ2) is 16.1. The van der Waals surface area contributed by atoms with Crippen molar-refractivity contribution < 1.29 is 19.5 Å². The monoisotopic (exact) mass is 599 g/mol. The average molecular weight is 600 g/mol. The van der Waals surface area contributed by atoms with Gasteiger partial charge in [0.1, 0.15) is 11.7 Å². The second-order valence-corrected chi connectivity index (χ2v) is 12.1. The molecule has 1 heterocycles. The fourth-order valence-electron chi connectivity index (χ4n) is 5.77. The zero-order chi connectivity index (χ0) is 31.5. The summed E-state index contributed by atoms with van der Waals surface area (Å²) in [7, 11) is 0. The van der Waals surface area contributed by atoms with Gasteiger partial charge in [-0.1, -0.05) is 87.4 Å². The molecule has 1 fully saturated rings. The summed E-state index contributed by atoms with van der Waals surface area (Å²) in [6.07, 6.45) is 6.18. The molecule has 3 aromatic rings. The fourth-order valence-corrected chi connectivity index (χ4v) is 5.77. The summed E-state index contributed by atoms with van der Waals surface area (Å²) in [5.74, 6) is -1.01. The Balaban J connectivity index is 1.42. The largest absolute Gasteiger partial charge is 0.390 e. The molecule has 44 heavy (non-hydrogen) atoms. The van der Waals surface area contributed by atoms with Crippen LogP contribution >= 0.6 is 0 Å². The number of rotatable bonds is 15. The molecule has 9 heteroatoms. The van der Waals surface area contributed by atoms with E-state index in [1.54, 1.807) is 18.2 Å². The molecule has 1 aliphatic rings. The van der Waals surface area contributed by atoms with E-state index in [4.69, 9.17) is 5.73 Å². The number of hydrogen-bond acceptors (Lipinski definition) is 6. The van der Waals surface area contributed by atoms with Crippen molar-refractivity contribution in [3.63, 3.8) is 0 Å². The van der Waals surface area contributed by atoms with Gasteiger partial charge in [0.15, 0.2) is 0 Å². The first-order valence-corrected chi connectivity index (χ1v) is 15.6. The summed E-state index contributed by atoms with van der Waals surface area (Å²) in [5, 5.41) is 20.2. The van der Waals surface area contributed by atoms with Crippen LogP contribution in [0.4, 0.5) is 0 Å². The van der Waals surface area contributed by atoms with Crippen LogP contribution in [0.2, 0.25) is 0 Å². The van der Waals surface area contributed by atoms with Crippen molar-refractivity contribution in [1.82, 2.24) is 20.9 Å². The Morgan fingerprint density at radius 1 is 0.886 bits per heavy atom. The Bertz CT molecular complexity index is 1340. The number of aliphatic hydroxyl groups excluding tert-OH is 1. The Labute approximate surface area is 260 Å². The fraction of sp³-hybridized carbons (Fsp3) is 0.429. The van der Waals surface area contributed by atoms with Crippen LogP contribution < -0.4 is 21.7 Å². The summed E-state index contributed by atoms with van der Waals surface area (Å²) in [6, 6.07) is 20.6. The SMILES string of the molecule is CC(C)[C@H](NC(=O)c1ccccn1)C(=O)N[C@@H](Cc1ccccc1)[C@@H](O)CN[C@@H](Cc1ccc(C2CCCC2)cc1)C(N)=O. The lowest BCUT2D eigenvalue weighted by molar-refractivity contribution is -0.125. The van der Waals surface area contributed by atoms with Gasteiger partial charge in [-0.3, -0.25) is 19.4 Å². The van der Waals surface area contributed by atoms with Crippen molar-refractivity contribution in [2.75, 3.05) is 6.54 Å². The molecule has 0 spiro atoms. The summed E-state index contributed by atoms with van der Waals surface area (Å²) in [5.41, 5.74) is 9.20. The molecule has 2 aromatic carbocycles. The molecule has 1 aliphatic carbocycles. The van der Waals surface area contributed by atoms with Gasteiger partial charge in [-0.15, -0.1) is 0 Å². The normalized spacial score (nSPS) is 16.2. The van der Waals surface area contributed by atoms with Gasteiger partial charge in [0.05, 0.1) is 18.2 Å². The van der Waals surface area contributed by atoms with Crippen molar-refractivity contribution in [2.45, 2.75) is 82.5 Å². The lowest BCUT2D eigenvalue weighted by atomic mass is 9.95. The highest BCUT2D eigenvalue weighted by molar-refractivity contribution is 5.96. The van der Waals surface area contributed by atoms with E-state index in [1.807, 2.05) is 56.3 Å². The highest BCUT2D eigenvalue weighted by Gasteiger charge is 2.30. The van der Waals surface area contributed by atoms with Crippen LogP contribution in [0.15, 0.2) is 79.0 Å². The van der Waals surface area contributed by atoms with Crippen molar-refractivity contribution in [1.29, 1.82) is 0 Å². The molecule has 0 unspecified atom stereocenters. The maximum absolute atomic E-state index is 13.5. The summed E-state index contributed by atoms with van der Waals surface area (Å²) >= 11 is 0. The van der Waals surface area contributed by atoms with E-state index in [9.17, 15) is 19.5 Å². The number of benzene rings is 2. The van der Waals surface area contributed by atoms with Crippen LogP contribution in [-0.2, 0) is 22.4 Å². The van der Waals surface area contributed by atoms with E-state index in [1.165, 1.54) is 37.4 Å². The lowest BCUT2D eigenvalue weighted by Crippen LogP contribution is -2.57. The third-order valence-corrected chi connectivity index (χ3v) is 8.39. The summed E-state index contributed by atoms with van der Waals surface area (Å²) in [6.45, 7) is 3.70. The second-order valence-electron chi connectivity index (χ2n) is 12.1. The Hall–Kier alpha value is -4.08. The quantitative estimate of drug-likeness (QED) is 0.181. The molecule has 1 aromatic heterocycles. The highest BCUT2D eigenvalue weighted by atomic mass is 16.3. The topological polar surface area (TPSA) is 146 Å². The van der Waals surface area contributed by atoms with E-state index in [0.29, 0.717) is 18.8 Å². The maximum Gasteiger partial charge on any atom is 0.270 e. The minimum Gasteiger partial charge on any atom is -0.390 e. The first-order valence-electron chi connectivity index (χ1n) is 15.6. The zero-order valence-electron chi connectivity index (χ0n) is 25.6. The molecule has 234 valence electrons. The highest BCUT2D eigenvalue weighted by Crippen LogP contribution is 2.34. The molecule has 0 aliphatic heterocycles. The van der Waals surface area contributed by atoms with Crippen LogP contribution in [0.1, 0.15) is 72.6 Å². The van der Waals surface area contributed by atoms with Crippen molar-refractivity contribution in [3.05, 3.63) is 101 Å². The van der Waals surface area contributed by atoms with Crippen molar-refractivity contribution >= 4 is 17.7 Å². The standard InChI is InChI=1S/C35H45N5O4/c1-23(2)32(40-34(43)28-14-8-9-19-37-28)35(44)39-29(20-24-10-4-3-5-11-24)31(41)22-38-30(33(36)42)21-25-15-17-27(18-16-25)26-12-6-7-13-26/h3-5,8-11,14-19,23,26,29-32,38,41H,6-7,12-13,20-22H2,1-2H3,(H2,36,42)(H,39,44)(H,40,43)/t29-,30-,31-,32-/m0/s1. The van der Waals surface area contributed by atoms with Crippen LogP contribution in [0.25, 0.3) is 0 Å². The minimum atomic E-state index is -1.05. The van der Waals surface area contributed by atoms with Gasteiger partial charge in [-0.25, -0.2) is 0 Å². The number of pyridine rings is 1. The number of primary amides is 1. The number of amides is 3.